The summed E-state index contributed by atoms with van der Waals surface area (Å²) in [5, 5.41) is 3.81. The summed E-state index contributed by atoms with van der Waals surface area (Å²) < 4.78 is 26.8. The van der Waals surface area contributed by atoms with Gasteiger partial charge in [0.15, 0.2) is 5.65 Å². The third-order valence-electron chi connectivity index (χ3n) is 2.71. The predicted molar refractivity (Wildman–Crippen MR) is 54.3 cm³/mol. The fourth-order valence-electron chi connectivity index (χ4n) is 1.78. The lowest BCUT2D eigenvalue weighted by Gasteiger charge is -2.05. The zero-order chi connectivity index (χ0) is 11.3. The lowest BCUT2D eigenvalue weighted by Crippen LogP contribution is -2.03. The van der Waals surface area contributed by atoms with Crippen molar-refractivity contribution < 1.29 is 8.78 Å². The highest BCUT2D eigenvalue weighted by Gasteiger charge is 2.27. The van der Waals surface area contributed by atoms with Gasteiger partial charge in [-0.15, -0.1) is 5.10 Å². The van der Waals surface area contributed by atoms with Crippen molar-refractivity contribution in [2.75, 3.05) is 5.73 Å². The first kappa shape index (κ1) is 9.50. The maximum Gasteiger partial charge on any atom is 0.280 e. The lowest BCUT2D eigenvalue weighted by atomic mass is 10.2. The molecule has 0 amide bonds. The van der Waals surface area contributed by atoms with E-state index in [0.29, 0.717) is 11.6 Å². The summed E-state index contributed by atoms with van der Waals surface area (Å²) >= 11 is 0. The molecule has 0 aliphatic heterocycles. The first-order chi connectivity index (χ1) is 7.65. The van der Waals surface area contributed by atoms with Gasteiger partial charge < -0.3 is 5.73 Å². The summed E-state index contributed by atoms with van der Waals surface area (Å²) in [7, 11) is 0. The molecular formula is C10H10F2N4. The number of nitrogens with zero attached hydrogens (tertiary/aromatic N) is 3. The first-order valence-corrected chi connectivity index (χ1v) is 5.09. The molecule has 6 heteroatoms. The maximum atomic E-state index is 12.8. The highest BCUT2D eigenvalue weighted by atomic mass is 19.3. The number of hydrogen-bond donors (Lipinski definition) is 1. The SMILES string of the molecule is Nc1cc2nc(C3CC3)cc(C(F)F)n2n1. The molecule has 1 saturated carbocycles. The number of nitrogens with two attached hydrogens (primary N) is 1. The molecule has 2 heterocycles. The van der Waals surface area contributed by atoms with Crippen LogP contribution in [0.15, 0.2) is 12.1 Å². The van der Waals surface area contributed by atoms with Crippen molar-refractivity contribution in [3.63, 3.8) is 0 Å². The summed E-state index contributed by atoms with van der Waals surface area (Å²) in [5.41, 5.74) is 6.47. The second kappa shape index (κ2) is 3.13. The summed E-state index contributed by atoms with van der Waals surface area (Å²) in [4.78, 5) is 4.29. The van der Waals surface area contributed by atoms with Gasteiger partial charge in [0.05, 0.1) is 0 Å². The minimum atomic E-state index is -2.57. The zero-order valence-electron chi connectivity index (χ0n) is 8.40. The molecule has 1 fully saturated rings. The standard InChI is InChI=1S/C10H10F2N4/c11-10(12)7-3-6(5-1-2-5)14-9-4-8(13)15-16(7)9/h3-5,10H,1-2H2,(H2,13,15). The molecule has 16 heavy (non-hydrogen) atoms. The molecule has 1 aliphatic carbocycles. The number of anilines is 1. The van der Waals surface area contributed by atoms with Gasteiger partial charge in [-0.05, 0) is 18.9 Å². The summed E-state index contributed by atoms with van der Waals surface area (Å²) in [5.74, 6) is 0.543. The van der Waals surface area contributed by atoms with Gasteiger partial charge in [-0.1, -0.05) is 0 Å². The molecule has 4 nitrogen and oxygen atoms in total. The summed E-state index contributed by atoms with van der Waals surface area (Å²) in [6.45, 7) is 0. The first-order valence-electron chi connectivity index (χ1n) is 5.09. The second-order valence-electron chi connectivity index (χ2n) is 4.02. The quantitative estimate of drug-likeness (QED) is 0.850. The van der Waals surface area contributed by atoms with E-state index in [-0.39, 0.29) is 11.5 Å². The van der Waals surface area contributed by atoms with Crippen LogP contribution >= 0.6 is 0 Å². The van der Waals surface area contributed by atoms with Gasteiger partial charge in [-0.2, -0.15) is 0 Å². The molecule has 84 valence electrons. The van der Waals surface area contributed by atoms with Gasteiger partial charge in [-0.3, -0.25) is 0 Å². The van der Waals surface area contributed by atoms with Crippen LogP contribution in [0.3, 0.4) is 0 Å². The van der Waals surface area contributed by atoms with Crippen LogP contribution in [0.4, 0.5) is 14.6 Å². The summed E-state index contributed by atoms with van der Waals surface area (Å²) in [6.07, 6.45) is -0.521. The minimum absolute atomic E-state index is 0.136. The normalized spacial score (nSPS) is 16.2. The van der Waals surface area contributed by atoms with Crippen LogP contribution in [-0.4, -0.2) is 14.6 Å². The number of nitrogen functional groups attached to an aromatic ring is 1. The van der Waals surface area contributed by atoms with E-state index < -0.39 is 6.43 Å². The van der Waals surface area contributed by atoms with E-state index in [1.165, 1.54) is 12.1 Å². The van der Waals surface area contributed by atoms with E-state index in [2.05, 4.69) is 10.1 Å². The van der Waals surface area contributed by atoms with Gasteiger partial charge in [0.2, 0.25) is 0 Å². The fraction of sp³-hybridized carbons (Fsp3) is 0.400. The van der Waals surface area contributed by atoms with Crippen molar-refractivity contribution in [3.05, 3.63) is 23.5 Å². The second-order valence-corrected chi connectivity index (χ2v) is 4.02. The smallest absolute Gasteiger partial charge is 0.280 e. The molecule has 0 bridgehead atoms. The summed E-state index contributed by atoms with van der Waals surface area (Å²) in [6, 6.07) is 2.94. The Bertz CT molecular complexity index is 545. The van der Waals surface area contributed by atoms with Gasteiger partial charge in [0.25, 0.3) is 6.43 Å². The van der Waals surface area contributed by atoms with Crippen molar-refractivity contribution in [2.45, 2.75) is 25.2 Å². The molecule has 2 aromatic rings. The number of fused-ring (bicyclic) bond motifs is 1. The molecule has 2 N–H and O–H groups in total. The van der Waals surface area contributed by atoms with E-state index in [1.54, 1.807) is 0 Å². The average Bonchev–Trinajstić information content (AvgIpc) is 2.98. The van der Waals surface area contributed by atoms with E-state index in [9.17, 15) is 8.78 Å². The van der Waals surface area contributed by atoms with Crippen LogP contribution in [0.5, 0.6) is 0 Å². The van der Waals surface area contributed by atoms with Crippen molar-refractivity contribution >= 4 is 11.5 Å². The van der Waals surface area contributed by atoms with Crippen molar-refractivity contribution in [3.8, 4) is 0 Å². The van der Waals surface area contributed by atoms with Gasteiger partial charge >= 0.3 is 0 Å². The Balaban J connectivity index is 2.25. The van der Waals surface area contributed by atoms with E-state index in [4.69, 9.17) is 5.73 Å². The van der Waals surface area contributed by atoms with Gasteiger partial charge in [-0.25, -0.2) is 18.3 Å². The fourth-order valence-corrected chi connectivity index (χ4v) is 1.78. The number of aromatic nitrogens is 3. The van der Waals surface area contributed by atoms with E-state index in [1.807, 2.05) is 0 Å². The highest BCUT2D eigenvalue weighted by Crippen LogP contribution is 2.40. The van der Waals surface area contributed by atoms with Crippen LogP contribution in [-0.2, 0) is 0 Å². The van der Waals surface area contributed by atoms with Gasteiger partial charge in [0.1, 0.15) is 11.5 Å². The molecule has 0 radical (unpaired) electrons. The Morgan fingerprint density at radius 3 is 2.75 bits per heavy atom. The molecule has 0 aromatic carbocycles. The average molecular weight is 224 g/mol. The van der Waals surface area contributed by atoms with Crippen LogP contribution in [0.25, 0.3) is 5.65 Å². The Morgan fingerprint density at radius 1 is 1.38 bits per heavy atom. The highest BCUT2D eigenvalue weighted by molar-refractivity contribution is 5.50. The number of rotatable bonds is 2. The molecule has 0 atom stereocenters. The lowest BCUT2D eigenvalue weighted by molar-refractivity contribution is 0.143. The number of hydrogen-bond acceptors (Lipinski definition) is 3. The number of halogens is 2. The van der Waals surface area contributed by atoms with Crippen molar-refractivity contribution in [1.82, 2.24) is 14.6 Å². The monoisotopic (exact) mass is 224 g/mol. The van der Waals surface area contributed by atoms with Crippen molar-refractivity contribution in [2.24, 2.45) is 0 Å². The molecule has 0 spiro atoms. The van der Waals surface area contributed by atoms with Crippen molar-refractivity contribution in [1.29, 1.82) is 0 Å². The largest absolute Gasteiger partial charge is 0.382 e. The topological polar surface area (TPSA) is 56.2 Å². The van der Waals surface area contributed by atoms with Crippen LogP contribution in [0.2, 0.25) is 0 Å². The molecule has 0 unspecified atom stereocenters. The molecule has 0 saturated heterocycles. The third-order valence-corrected chi connectivity index (χ3v) is 2.71. The number of alkyl halides is 2. The Hall–Kier alpha value is -1.72. The van der Waals surface area contributed by atoms with Crippen LogP contribution in [0, 0.1) is 0 Å². The van der Waals surface area contributed by atoms with Crippen LogP contribution < -0.4 is 5.73 Å². The third kappa shape index (κ3) is 1.41. The Kier molecular flexibility index (Phi) is 1.86. The Labute approximate surface area is 90.1 Å². The van der Waals surface area contributed by atoms with E-state index >= 15 is 0 Å². The molecule has 2 aromatic heterocycles. The molecule has 3 rings (SSSR count). The molecule has 1 aliphatic rings. The predicted octanol–water partition coefficient (Wildman–Crippen LogP) is 2.13. The van der Waals surface area contributed by atoms with Gasteiger partial charge in [0, 0.05) is 17.7 Å². The minimum Gasteiger partial charge on any atom is -0.382 e. The zero-order valence-corrected chi connectivity index (χ0v) is 8.40. The van der Waals surface area contributed by atoms with Crippen LogP contribution in [0.1, 0.15) is 36.6 Å². The Morgan fingerprint density at radius 2 is 2.12 bits per heavy atom. The van der Waals surface area contributed by atoms with E-state index in [0.717, 1.165) is 23.1 Å². The maximum absolute atomic E-state index is 12.8. The molecular weight excluding hydrogens is 214 g/mol.